The Labute approximate surface area is 176 Å². The second-order valence-electron chi connectivity index (χ2n) is 6.31. The van der Waals surface area contributed by atoms with Crippen LogP contribution in [-0.2, 0) is 12.2 Å². The lowest BCUT2D eigenvalue weighted by molar-refractivity contribution is 0.0690. The standard InChI is InChI=1S/C21H18N4O4S/c1-28-16-9-7-15(8-10-16)25-18(11-14-5-3-2-4-6-14)23-24-21(25)30-13-19-22-17(12-29-19)20(26)27/h2-10,12H,11,13H2,1H3,(H,26,27). The number of carboxylic acid groups (broad SMARTS) is 1. The van der Waals surface area contributed by atoms with Gasteiger partial charge in [0.15, 0.2) is 10.9 Å². The van der Waals surface area contributed by atoms with Crippen LogP contribution in [0.15, 0.2) is 70.4 Å². The maximum absolute atomic E-state index is 11.0. The molecule has 0 atom stereocenters. The van der Waals surface area contributed by atoms with Gasteiger partial charge in [-0.15, -0.1) is 10.2 Å². The van der Waals surface area contributed by atoms with Gasteiger partial charge >= 0.3 is 5.97 Å². The van der Waals surface area contributed by atoms with Gasteiger partial charge in [-0.25, -0.2) is 9.78 Å². The minimum absolute atomic E-state index is 0.119. The van der Waals surface area contributed by atoms with Crippen LogP contribution in [-0.4, -0.2) is 37.9 Å². The van der Waals surface area contributed by atoms with Gasteiger partial charge in [-0.2, -0.15) is 0 Å². The normalized spacial score (nSPS) is 10.8. The first-order chi connectivity index (χ1) is 14.6. The minimum Gasteiger partial charge on any atom is -0.497 e. The Hall–Kier alpha value is -3.59. The number of oxazole rings is 1. The average Bonchev–Trinajstić information content (AvgIpc) is 3.40. The van der Waals surface area contributed by atoms with E-state index in [1.54, 1.807) is 7.11 Å². The molecule has 9 heteroatoms. The molecule has 8 nitrogen and oxygen atoms in total. The van der Waals surface area contributed by atoms with Crippen LogP contribution in [0.4, 0.5) is 0 Å². The number of hydrogen-bond acceptors (Lipinski definition) is 7. The van der Waals surface area contributed by atoms with Gasteiger partial charge in [-0.3, -0.25) is 4.57 Å². The predicted molar refractivity (Wildman–Crippen MR) is 110 cm³/mol. The Balaban J connectivity index is 1.63. The summed E-state index contributed by atoms with van der Waals surface area (Å²) in [7, 11) is 1.62. The van der Waals surface area contributed by atoms with Crippen molar-refractivity contribution in [1.82, 2.24) is 19.7 Å². The van der Waals surface area contributed by atoms with E-state index in [1.165, 1.54) is 11.8 Å². The van der Waals surface area contributed by atoms with E-state index in [0.717, 1.165) is 29.1 Å². The molecule has 152 valence electrons. The van der Waals surface area contributed by atoms with E-state index < -0.39 is 5.97 Å². The highest BCUT2D eigenvalue weighted by Crippen LogP contribution is 2.27. The molecule has 0 saturated carbocycles. The number of methoxy groups -OCH3 is 1. The molecular weight excluding hydrogens is 404 g/mol. The lowest BCUT2D eigenvalue weighted by atomic mass is 10.1. The fourth-order valence-electron chi connectivity index (χ4n) is 2.88. The molecule has 4 rings (SSSR count). The molecule has 0 aliphatic heterocycles. The van der Waals surface area contributed by atoms with Gasteiger partial charge in [0, 0.05) is 12.1 Å². The van der Waals surface area contributed by atoms with Crippen LogP contribution in [0.2, 0.25) is 0 Å². The molecule has 2 aromatic carbocycles. The molecule has 0 bridgehead atoms. The quantitative estimate of drug-likeness (QED) is 0.427. The zero-order valence-electron chi connectivity index (χ0n) is 16.1. The summed E-state index contributed by atoms with van der Waals surface area (Å²) in [5, 5.41) is 18.4. The predicted octanol–water partition coefficient (Wildman–Crippen LogP) is 3.85. The number of hydrogen-bond donors (Lipinski definition) is 1. The van der Waals surface area contributed by atoms with Crippen molar-refractivity contribution >= 4 is 17.7 Å². The van der Waals surface area contributed by atoms with Crippen molar-refractivity contribution < 1.29 is 19.1 Å². The third-order valence-electron chi connectivity index (χ3n) is 4.33. The van der Waals surface area contributed by atoms with Gasteiger partial charge in [-0.1, -0.05) is 42.1 Å². The second-order valence-corrected chi connectivity index (χ2v) is 7.26. The molecule has 0 aliphatic rings. The molecule has 2 aromatic heterocycles. The van der Waals surface area contributed by atoms with E-state index >= 15 is 0 Å². The number of carbonyl (C=O) groups is 1. The summed E-state index contributed by atoms with van der Waals surface area (Å²) >= 11 is 1.37. The van der Waals surface area contributed by atoms with Crippen molar-refractivity contribution in [2.75, 3.05) is 7.11 Å². The molecule has 0 saturated heterocycles. The Kier molecular flexibility index (Phi) is 5.80. The maximum atomic E-state index is 11.0. The summed E-state index contributed by atoms with van der Waals surface area (Å²) in [4.78, 5) is 15.0. The number of aromatic nitrogens is 4. The summed E-state index contributed by atoms with van der Waals surface area (Å²) in [5.74, 6) is 1.05. The fraction of sp³-hybridized carbons (Fsp3) is 0.143. The van der Waals surface area contributed by atoms with Crippen molar-refractivity contribution in [2.45, 2.75) is 17.3 Å². The number of benzene rings is 2. The molecule has 0 amide bonds. The molecule has 0 spiro atoms. The number of carboxylic acids is 1. The van der Waals surface area contributed by atoms with E-state index in [1.807, 2.05) is 59.2 Å². The molecule has 30 heavy (non-hydrogen) atoms. The third-order valence-corrected chi connectivity index (χ3v) is 5.25. The topological polar surface area (TPSA) is 103 Å². The summed E-state index contributed by atoms with van der Waals surface area (Å²) in [6, 6.07) is 17.7. The van der Waals surface area contributed by atoms with Crippen molar-refractivity contribution in [3.63, 3.8) is 0 Å². The molecule has 0 radical (unpaired) electrons. The Morgan fingerprint density at radius 3 is 2.57 bits per heavy atom. The van der Waals surface area contributed by atoms with Crippen LogP contribution in [0, 0.1) is 0 Å². The summed E-state index contributed by atoms with van der Waals surface area (Å²) < 4.78 is 12.5. The summed E-state index contributed by atoms with van der Waals surface area (Å²) in [6.07, 6.45) is 1.75. The number of ether oxygens (including phenoxy) is 1. The average molecular weight is 422 g/mol. The fourth-order valence-corrected chi connectivity index (χ4v) is 3.70. The zero-order valence-corrected chi connectivity index (χ0v) is 16.9. The van der Waals surface area contributed by atoms with Crippen LogP contribution < -0.4 is 4.74 Å². The van der Waals surface area contributed by atoms with E-state index in [4.69, 9.17) is 14.3 Å². The van der Waals surface area contributed by atoms with Gasteiger partial charge in [0.1, 0.15) is 17.8 Å². The van der Waals surface area contributed by atoms with E-state index in [2.05, 4.69) is 15.2 Å². The van der Waals surface area contributed by atoms with Crippen LogP contribution in [0.5, 0.6) is 5.75 Å². The summed E-state index contributed by atoms with van der Waals surface area (Å²) in [5.41, 5.74) is 1.90. The largest absolute Gasteiger partial charge is 0.497 e. The molecule has 2 heterocycles. The van der Waals surface area contributed by atoms with Crippen LogP contribution >= 0.6 is 11.8 Å². The van der Waals surface area contributed by atoms with Gasteiger partial charge < -0.3 is 14.3 Å². The minimum atomic E-state index is -1.12. The highest BCUT2D eigenvalue weighted by molar-refractivity contribution is 7.98. The first kappa shape index (κ1) is 19.7. The van der Waals surface area contributed by atoms with Gasteiger partial charge in [0.05, 0.1) is 12.9 Å². The van der Waals surface area contributed by atoms with Gasteiger partial charge in [0.25, 0.3) is 0 Å². The van der Waals surface area contributed by atoms with Crippen LogP contribution in [0.3, 0.4) is 0 Å². The van der Waals surface area contributed by atoms with Crippen LogP contribution in [0.25, 0.3) is 5.69 Å². The van der Waals surface area contributed by atoms with Crippen molar-refractivity contribution in [3.8, 4) is 11.4 Å². The number of aromatic carboxylic acids is 1. The van der Waals surface area contributed by atoms with Crippen molar-refractivity contribution in [1.29, 1.82) is 0 Å². The number of thioether (sulfide) groups is 1. The Morgan fingerprint density at radius 1 is 1.13 bits per heavy atom. The van der Waals surface area contributed by atoms with Crippen LogP contribution in [0.1, 0.15) is 27.8 Å². The highest BCUT2D eigenvalue weighted by Gasteiger charge is 2.17. The van der Waals surface area contributed by atoms with Crippen molar-refractivity contribution in [2.24, 2.45) is 0 Å². The molecule has 0 aliphatic carbocycles. The third kappa shape index (κ3) is 4.36. The monoisotopic (exact) mass is 422 g/mol. The highest BCUT2D eigenvalue weighted by atomic mass is 32.2. The van der Waals surface area contributed by atoms with Gasteiger partial charge in [-0.05, 0) is 29.8 Å². The van der Waals surface area contributed by atoms with E-state index in [9.17, 15) is 4.79 Å². The molecule has 4 aromatic rings. The smallest absolute Gasteiger partial charge is 0.357 e. The first-order valence-corrected chi connectivity index (χ1v) is 10.1. The zero-order chi connectivity index (χ0) is 20.9. The maximum Gasteiger partial charge on any atom is 0.357 e. The SMILES string of the molecule is COc1ccc(-n2c(Cc3ccccc3)nnc2SCc2nc(C(=O)O)co2)cc1. The first-order valence-electron chi connectivity index (χ1n) is 9.07. The second kappa shape index (κ2) is 8.83. The lowest BCUT2D eigenvalue weighted by Gasteiger charge is -2.11. The lowest BCUT2D eigenvalue weighted by Crippen LogP contribution is -2.04. The number of nitrogens with zero attached hydrogens (tertiary/aromatic N) is 4. The molecule has 1 N–H and O–H groups in total. The summed E-state index contributed by atoms with van der Waals surface area (Å²) in [6.45, 7) is 0. The molecular formula is C21H18N4O4S. The van der Waals surface area contributed by atoms with E-state index in [0.29, 0.717) is 23.2 Å². The van der Waals surface area contributed by atoms with E-state index in [-0.39, 0.29) is 5.69 Å². The van der Waals surface area contributed by atoms with Gasteiger partial charge in [0.2, 0.25) is 5.89 Å². The Bertz CT molecular complexity index is 1140. The number of rotatable bonds is 8. The Morgan fingerprint density at radius 2 is 1.90 bits per heavy atom. The van der Waals surface area contributed by atoms with Crippen molar-refractivity contribution in [3.05, 3.63) is 83.8 Å². The molecule has 0 unspecified atom stereocenters. The molecule has 0 fully saturated rings.